The van der Waals surface area contributed by atoms with Crippen molar-refractivity contribution in [3.8, 4) is 27.4 Å². The number of aromatic hydroxyl groups is 1. The van der Waals surface area contributed by atoms with E-state index in [1.807, 2.05) is 75.7 Å². The zero-order chi connectivity index (χ0) is 55.3. The third kappa shape index (κ3) is 11.4. The second-order valence-corrected chi connectivity index (χ2v) is 26.1. The van der Waals surface area contributed by atoms with Gasteiger partial charge in [-0.05, 0) is 130 Å². The van der Waals surface area contributed by atoms with Gasteiger partial charge < -0.3 is 50.1 Å². The molecule has 9 heterocycles. The van der Waals surface area contributed by atoms with E-state index in [2.05, 4.69) is 62.3 Å². The number of aromatic nitrogens is 4. The number of aryl methyl sites for hydroxylation is 1. The average Bonchev–Trinajstić information content (AvgIpc) is 4.28. The van der Waals surface area contributed by atoms with Crippen LogP contribution in [0.15, 0.2) is 70.7 Å². The number of likely N-dealkylation sites (tertiary alicyclic amines) is 3. The highest BCUT2D eigenvalue weighted by atomic mass is 32.1. The number of carbonyl (C=O) groups excluding carboxylic acids is 2. The van der Waals surface area contributed by atoms with Gasteiger partial charge in [-0.2, -0.15) is 0 Å². The third-order valence-corrected chi connectivity index (χ3v) is 20.5. The van der Waals surface area contributed by atoms with E-state index in [4.69, 9.17) is 15.0 Å². The summed E-state index contributed by atoms with van der Waals surface area (Å²) in [4.78, 5) is 48.1. The number of nitrogen functional groups attached to an aromatic ring is 1. The largest absolute Gasteiger partial charge is 0.507 e. The fraction of sp³-hybridized carbons (Fsp3) is 0.607. The Morgan fingerprint density at radius 1 is 0.863 bits per heavy atom. The van der Waals surface area contributed by atoms with Crippen LogP contribution in [0.5, 0.6) is 5.75 Å². The number of aliphatic hydroxyl groups is 1. The molecule has 428 valence electrons. The lowest BCUT2D eigenvalue weighted by molar-refractivity contribution is -0.141. The van der Waals surface area contributed by atoms with E-state index >= 15 is 0 Å². The number of anilines is 3. The van der Waals surface area contributed by atoms with Crippen LogP contribution in [0.2, 0.25) is 0 Å². The van der Waals surface area contributed by atoms with Crippen LogP contribution < -0.4 is 20.9 Å². The van der Waals surface area contributed by atoms with Gasteiger partial charge in [0.05, 0.1) is 52.3 Å². The molecule has 6 aliphatic heterocycles. The molecule has 5 atom stereocenters. The Morgan fingerprint density at radius 2 is 1.60 bits per heavy atom. The molecule has 12 rings (SSSR count). The number of nitrogens with one attached hydrogen (secondary N) is 1. The number of piperidine rings is 3. The maximum Gasteiger partial charge on any atom is 0.243 e. The Balaban J connectivity index is 0.556. The number of morpholine rings is 1. The first-order valence-electron chi connectivity index (χ1n) is 29.7. The molecular formula is C61H82N12O6S. The summed E-state index contributed by atoms with van der Waals surface area (Å²) in [5.74, 6) is 1.29. The number of β-amino-alcohol motifs (C(OH)–C–C–N with tert-alkyl or cyclic N) is 1. The van der Waals surface area contributed by atoms with Gasteiger partial charge in [0.2, 0.25) is 11.8 Å². The van der Waals surface area contributed by atoms with Gasteiger partial charge in [-0.25, -0.2) is 4.98 Å². The Bertz CT molecular complexity index is 2950. The number of benzene rings is 2. The molecule has 6 saturated heterocycles. The van der Waals surface area contributed by atoms with Crippen molar-refractivity contribution in [1.29, 1.82) is 0 Å². The zero-order valence-electron chi connectivity index (χ0n) is 47.2. The van der Waals surface area contributed by atoms with Crippen LogP contribution in [0.1, 0.15) is 108 Å². The Hall–Kier alpha value is -5.70. The van der Waals surface area contributed by atoms with E-state index in [1.54, 1.807) is 22.3 Å². The maximum absolute atomic E-state index is 14.4. The van der Waals surface area contributed by atoms with Gasteiger partial charge in [-0.1, -0.05) is 55.4 Å². The summed E-state index contributed by atoms with van der Waals surface area (Å²) >= 11 is 1.61. The van der Waals surface area contributed by atoms with E-state index < -0.39 is 18.1 Å². The topological polar surface area (TPSA) is 206 Å². The summed E-state index contributed by atoms with van der Waals surface area (Å²) < 4.78 is 12.4. The lowest BCUT2D eigenvalue weighted by atomic mass is 9.60. The van der Waals surface area contributed by atoms with Gasteiger partial charge in [0, 0.05) is 96.1 Å². The number of aliphatic hydroxyl groups excluding tert-OH is 1. The van der Waals surface area contributed by atoms with Crippen LogP contribution in [0.4, 0.5) is 17.3 Å². The van der Waals surface area contributed by atoms with E-state index in [0.29, 0.717) is 45.6 Å². The number of carbonyl (C=O) groups is 2. The third-order valence-electron chi connectivity index (χ3n) is 19.5. The molecule has 0 unspecified atom stereocenters. The fourth-order valence-corrected chi connectivity index (χ4v) is 15.5. The number of rotatable bonds is 15. The SMILES string of the molecule is Cc1ncsc1-c1ccc([C@H](C)NC(=O)[C@@H]2C[C@@H](O)CN2C(=O)[C@@H](c2cc(N3CCC(CN4CCC5(CC4)CC(N4CCO[C@@H](CN6CC7(CCN(c8cc(-c9ccccc9O)nnc8N)CC7)C6)C4)C5)CC3)no2)C(C)C)cc1. The lowest BCUT2D eigenvalue weighted by Gasteiger charge is -2.57. The van der Waals surface area contributed by atoms with Crippen LogP contribution in [0, 0.1) is 29.6 Å². The molecule has 80 heavy (non-hydrogen) atoms. The second-order valence-electron chi connectivity index (χ2n) is 25.3. The number of ether oxygens (including phenoxy) is 1. The molecule has 2 amide bonds. The van der Waals surface area contributed by atoms with Crippen LogP contribution in [-0.4, -0.2) is 178 Å². The minimum Gasteiger partial charge on any atom is -0.507 e. The van der Waals surface area contributed by atoms with Crippen LogP contribution in [-0.2, 0) is 14.3 Å². The van der Waals surface area contributed by atoms with E-state index in [0.717, 1.165) is 131 Å². The average molecular weight is 1110 g/mol. The molecule has 7 aliphatic rings. The first-order chi connectivity index (χ1) is 38.7. The maximum atomic E-state index is 14.4. The summed E-state index contributed by atoms with van der Waals surface area (Å²) in [5.41, 5.74) is 14.3. The Kier molecular flexibility index (Phi) is 15.7. The molecule has 0 bridgehead atoms. The summed E-state index contributed by atoms with van der Waals surface area (Å²) in [6.07, 6.45) is 9.33. The van der Waals surface area contributed by atoms with Gasteiger partial charge in [0.1, 0.15) is 17.7 Å². The standard InChI is InChI=1S/C61H82N12O6S/c1-39(2)55(59(77)73-33-46(74)27-51(73)58(76)64-40(3)43-9-11-44(12-10-43)56-41(4)63-38-80-56)53-29-54(67-79-53)71-19-13-42(14-20-71)32-68-21-15-60(16-22-68)30-45(31-60)72-25-26-78-47(35-72)34-69-36-61(37-69)17-23-70(24-18-61)50-28-49(65-66-57(50)62)48-7-5-6-8-52(48)75/h5-12,28-29,38-40,42,45-47,51,55,74-75H,13-27,30-37H2,1-4H3,(H2,62,66)(H,64,76)/t40-,46+,47-,51-,55+/m0/s1. The van der Waals surface area contributed by atoms with Gasteiger partial charge in [0.15, 0.2) is 17.4 Å². The summed E-state index contributed by atoms with van der Waals surface area (Å²) in [6, 6.07) is 18.9. The molecule has 3 aromatic heterocycles. The highest BCUT2D eigenvalue weighted by Crippen LogP contribution is 2.52. The molecule has 5 N–H and O–H groups in total. The first-order valence-corrected chi connectivity index (χ1v) is 30.5. The van der Waals surface area contributed by atoms with Gasteiger partial charge in [-0.15, -0.1) is 21.5 Å². The number of thiazole rings is 1. The molecule has 1 saturated carbocycles. The summed E-state index contributed by atoms with van der Waals surface area (Å²) in [5, 5.41) is 37.4. The van der Waals surface area contributed by atoms with Crippen molar-refractivity contribution >= 4 is 40.5 Å². The van der Waals surface area contributed by atoms with E-state index in [1.165, 1.54) is 38.8 Å². The number of nitrogens with two attached hydrogens (primary N) is 1. The van der Waals surface area contributed by atoms with Gasteiger partial charge in [0.25, 0.3) is 0 Å². The molecule has 19 heteroatoms. The first kappa shape index (κ1) is 54.9. The highest BCUT2D eigenvalue weighted by Gasteiger charge is 2.50. The predicted octanol–water partition coefficient (Wildman–Crippen LogP) is 7.19. The van der Waals surface area contributed by atoms with Crippen molar-refractivity contribution < 1.29 is 29.1 Å². The highest BCUT2D eigenvalue weighted by molar-refractivity contribution is 7.13. The molecule has 5 aromatic rings. The summed E-state index contributed by atoms with van der Waals surface area (Å²) in [7, 11) is 0. The number of hydrogen-bond acceptors (Lipinski definition) is 17. The second kappa shape index (κ2) is 22.9. The van der Waals surface area contributed by atoms with E-state index in [-0.39, 0.29) is 48.6 Å². The number of nitrogens with zero attached hydrogens (tertiary/aromatic N) is 10. The molecule has 2 spiro atoms. The molecule has 1 aliphatic carbocycles. The minimum absolute atomic E-state index is 0.0965. The van der Waals surface area contributed by atoms with Gasteiger partial charge in [-0.3, -0.25) is 19.4 Å². The molecule has 18 nitrogen and oxygen atoms in total. The number of phenolic OH excluding ortho intramolecular Hbond substituents is 1. The van der Waals surface area contributed by atoms with Crippen LogP contribution in [0.3, 0.4) is 0 Å². The van der Waals surface area contributed by atoms with Crippen molar-refractivity contribution in [2.45, 2.75) is 122 Å². The smallest absolute Gasteiger partial charge is 0.243 e. The van der Waals surface area contributed by atoms with Crippen molar-refractivity contribution in [2.24, 2.45) is 22.7 Å². The van der Waals surface area contributed by atoms with Crippen molar-refractivity contribution in [3.05, 3.63) is 83.2 Å². The van der Waals surface area contributed by atoms with Crippen molar-refractivity contribution in [1.82, 2.24) is 45.3 Å². The van der Waals surface area contributed by atoms with Crippen LogP contribution in [0.25, 0.3) is 21.7 Å². The van der Waals surface area contributed by atoms with E-state index in [9.17, 15) is 19.8 Å². The fourth-order valence-electron chi connectivity index (χ4n) is 14.7. The quantitative estimate of drug-likeness (QED) is 0.0819. The normalized spacial score (nSPS) is 24.8. The summed E-state index contributed by atoms with van der Waals surface area (Å²) in [6.45, 7) is 21.4. The Morgan fingerprint density at radius 3 is 2.31 bits per heavy atom. The monoisotopic (exact) mass is 1110 g/mol. The molecule has 7 fully saturated rings. The minimum atomic E-state index is -0.792. The van der Waals surface area contributed by atoms with Gasteiger partial charge >= 0.3 is 0 Å². The molecule has 0 radical (unpaired) electrons. The lowest BCUT2D eigenvalue weighted by Crippen LogP contribution is -2.64. The van der Waals surface area contributed by atoms with Crippen molar-refractivity contribution in [2.75, 3.05) is 107 Å². The molecule has 2 aromatic carbocycles. The predicted molar refractivity (Wildman–Crippen MR) is 310 cm³/mol. The zero-order valence-corrected chi connectivity index (χ0v) is 48.0. The van der Waals surface area contributed by atoms with Crippen LogP contribution >= 0.6 is 11.3 Å². The Labute approximate surface area is 475 Å². The number of phenols is 1. The number of para-hydroxylation sites is 1. The molecular weight excluding hydrogens is 1030 g/mol. The number of hydrogen-bond donors (Lipinski definition) is 4. The number of amides is 2. The van der Waals surface area contributed by atoms with Crippen molar-refractivity contribution in [3.63, 3.8) is 0 Å².